The lowest BCUT2D eigenvalue weighted by Gasteiger charge is -2.29. The summed E-state index contributed by atoms with van der Waals surface area (Å²) in [6.07, 6.45) is 2.70. The molecule has 0 saturated carbocycles. The third-order valence-corrected chi connectivity index (χ3v) is 2.03. The second-order valence-electron chi connectivity index (χ2n) is 2.89. The first-order valence-electron chi connectivity index (χ1n) is 3.68. The van der Waals surface area contributed by atoms with E-state index in [1.54, 1.807) is 0 Å². The maximum atomic E-state index is 3.29. The van der Waals surface area contributed by atoms with E-state index in [1.165, 1.54) is 25.9 Å². The van der Waals surface area contributed by atoms with Gasteiger partial charge in [-0.3, -0.25) is 0 Å². The van der Waals surface area contributed by atoms with Crippen LogP contribution in [-0.4, -0.2) is 38.1 Å². The molecule has 10 heavy (non-hydrogen) atoms. The molecule has 1 rings (SSSR count). The molecule has 0 aliphatic carbocycles. The summed E-state index contributed by atoms with van der Waals surface area (Å²) < 4.78 is 0. The van der Waals surface area contributed by atoms with Crippen LogP contribution in [0.25, 0.3) is 0 Å². The smallest absolute Gasteiger partial charge is 0.0192 e. The van der Waals surface area contributed by atoms with Gasteiger partial charge in [0, 0.05) is 12.6 Å². The number of nitrogens with one attached hydrogen (secondary N) is 1. The number of piperidine rings is 1. The molecule has 1 aliphatic heterocycles. The summed E-state index contributed by atoms with van der Waals surface area (Å²) >= 11 is 0. The van der Waals surface area contributed by atoms with Crippen LogP contribution >= 0.6 is 12.4 Å². The molecule has 3 heteroatoms. The van der Waals surface area contributed by atoms with Gasteiger partial charge >= 0.3 is 0 Å². The molecule has 0 aromatic carbocycles. The highest BCUT2D eigenvalue weighted by Gasteiger charge is 2.13. The molecule has 0 aromatic heterocycles. The highest BCUT2D eigenvalue weighted by Crippen LogP contribution is 2.06. The highest BCUT2D eigenvalue weighted by atomic mass is 35.5. The van der Waals surface area contributed by atoms with E-state index in [9.17, 15) is 0 Å². The van der Waals surface area contributed by atoms with Gasteiger partial charge in [0.05, 0.1) is 0 Å². The van der Waals surface area contributed by atoms with Crippen molar-refractivity contribution in [1.29, 1.82) is 0 Å². The average Bonchev–Trinajstić information content (AvgIpc) is 1.88. The Morgan fingerprint density at radius 1 is 1.50 bits per heavy atom. The maximum absolute atomic E-state index is 3.29. The van der Waals surface area contributed by atoms with Crippen LogP contribution in [-0.2, 0) is 0 Å². The molecule has 0 unspecified atom stereocenters. The van der Waals surface area contributed by atoms with Crippen molar-refractivity contribution in [3.63, 3.8) is 0 Å². The number of nitrogens with zero attached hydrogens (tertiary/aromatic N) is 1. The van der Waals surface area contributed by atoms with Crippen LogP contribution in [0.1, 0.15) is 12.8 Å². The molecular formula is C7H17ClN2. The first-order chi connectivity index (χ1) is 4.33. The van der Waals surface area contributed by atoms with Gasteiger partial charge in [0.2, 0.25) is 0 Å². The molecule has 1 saturated heterocycles. The van der Waals surface area contributed by atoms with Crippen molar-refractivity contribution in [2.75, 3.05) is 27.2 Å². The zero-order valence-corrected chi connectivity index (χ0v) is 7.58. The summed E-state index contributed by atoms with van der Waals surface area (Å²) in [5, 5.41) is 3.29. The van der Waals surface area contributed by atoms with E-state index in [2.05, 4.69) is 17.3 Å². The van der Waals surface area contributed by atoms with E-state index in [-0.39, 0.29) is 12.4 Å². The molecule has 1 atom stereocenters. The molecule has 0 spiro atoms. The van der Waals surface area contributed by atoms with Crippen LogP contribution in [0.4, 0.5) is 0 Å². The van der Waals surface area contributed by atoms with E-state index in [1.807, 2.05) is 7.05 Å². The largest absolute Gasteiger partial charge is 0.316 e. The van der Waals surface area contributed by atoms with Crippen LogP contribution in [0.3, 0.4) is 0 Å². The van der Waals surface area contributed by atoms with E-state index < -0.39 is 0 Å². The summed E-state index contributed by atoms with van der Waals surface area (Å²) in [6, 6.07) is 0.740. The van der Waals surface area contributed by atoms with Gasteiger partial charge in [-0.15, -0.1) is 12.4 Å². The Hall–Kier alpha value is 0.210. The molecule has 2 nitrogen and oxygen atoms in total. The Bertz CT molecular complexity index is 87.7. The lowest BCUT2D eigenvalue weighted by atomic mass is 10.1. The zero-order chi connectivity index (χ0) is 6.69. The summed E-state index contributed by atoms with van der Waals surface area (Å²) in [5.74, 6) is 0. The van der Waals surface area contributed by atoms with E-state index in [0.717, 1.165) is 6.04 Å². The standard InChI is InChI=1S/C7H16N2.ClH/c1-8-7-4-3-5-9(2)6-7;/h7-8H,3-6H2,1-2H3;1H/t7-;/m1./s1. The summed E-state index contributed by atoms with van der Waals surface area (Å²) in [4.78, 5) is 2.38. The molecule has 0 bridgehead atoms. The SMILES string of the molecule is CN[C@@H]1CCCN(C)C1.Cl. The van der Waals surface area contributed by atoms with Crippen LogP contribution in [0, 0.1) is 0 Å². The predicted octanol–water partition coefficient (Wildman–Crippen LogP) is 0.722. The molecule has 0 radical (unpaired) electrons. The Morgan fingerprint density at radius 2 is 2.20 bits per heavy atom. The van der Waals surface area contributed by atoms with Crippen molar-refractivity contribution in [3.05, 3.63) is 0 Å². The van der Waals surface area contributed by atoms with E-state index in [0.29, 0.717) is 0 Å². The Morgan fingerprint density at radius 3 is 2.60 bits per heavy atom. The molecule has 0 amide bonds. The third-order valence-electron chi connectivity index (χ3n) is 2.03. The molecule has 1 aliphatic rings. The van der Waals surface area contributed by atoms with E-state index in [4.69, 9.17) is 0 Å². The zero-order valence-electron chi connectivity index (χ0n) is 6.76. The lowest BCUT2D eigenvalue weighted by Crippen LogP contribution is -2.42. The van der Waals surface area contributed by atoms with Gasteiger partial charge in [-0.05, 0) is 33.5 Å². The molecule has 1 N–H and O–H groups in total. The normalized spacial score (nSPS) is 27.6. The Labute approximate surface area is 69.4 Å². The quantitative estimate of drug-likeness (QED) is 0.615. The van der Waals surface area contributed by atoms with Crippen molar-refractivity contribution in [2.45, 2.75) is 18.9 Å². The molecule has 0 aromatic rings. The van der Waals surface area contributed by atoms with Crippen molar-refractivity contribution in [3.8, 4) is 0 Å². The molecular weight excluding hydrogens is 148 g/mol. The van der Waals surface area contributed by atoms with Crippen LogP contribution in [0.5, 0.6) is 0 Å². The van der Waals surface area contributed by atoms with Gasteiger partial charge in [0.1, 0.15) is 0 Å². The van der Waals surface area contributed by atoms with Crippen molar-refractivity contribution in [1.82, 2.24) is 10.2 Å². The molecule has 1 heterocycles. The Balaban J connectivity index is 0.000000810. The fourth-order valence-corrected chi connectivity index (χ4v) is 1.40. The number of hydrogen-bond acceptors (Lipinski definition) is 2. The first kappa shape index (κ1) is 10.2. The van der Waals surface area contributed by atoms with Crippen LogP contribution in [0.15, 0.2) is 0 Å². The fraction of sp³-hybridized carbons (Fsp3) is 1.00. The average molecular weight is 165 g/mol. The minimum absolute atomic E-state index is 0. The number of likely N-dealkylation sites (N-methyl/N-ethyl adjacent to an activating group) is 2. The van der Waals surface area contributed by atoms with Gasteiger partial charge in [0.25, 0.3) is 0 Å². The van der Waals surface area contributed by atoms with Gasteiger partial charge in [-0.1, -0.05) is 0 Å². The predicted molar refractivity (Wildman–Crippen MR) is 46.8 cm³/mol. The van der Waals surface area contributed by atoms with Crippen LogP contribution < -0.4 is 5.32 Å². The summed E-state index contributed by atoms with van der Waals surface area (Å²) in [6.45, 7) is 2.49. The number of halogens is 1. The van der Waals surface area contributed by atoms with Gasteiger partial charge in [-0.2, -0.15) is 0 Å². The van der Waals surface area contributed by atoms with Gasteiger partial charge in [0.15, 0.2) is 0 Å². The minimum atomic E-state index is 0. The van der Waals surface area contributed by atoms with E-state index >= 15 is 0 Å². The number of likely N-dealkylation sites (tertiary alicyclic amines) is 1. The Kier molecular flexibility index (Phi) is 5.04. The third kappa shape index (κ3) is 2.86. The molecule has 62 valence electrons. The highest BCUT2D eigenvalue weighted by molar-refractivity contribution is 5.85. The monoisotopic (exact) mass is 164 g/mol. The fourth-order valence-electron chi connectivity index (χ4n) is 1.40. The number of rotatable bonds is 1. The second kappa shape index (κ2) is 4.94. The summed E-state index contributed by atoms with van der Waals surface area (Å²) in [7, 11) is 4.23. The van der Waals surface area contributed by atoms with Crippen LogP contribution in [0.2, 0.25) is 0 Å². The molecule has 1 fully saturated rings. The first-order valence-corrected chi connectivity index (χ1v) is 3.68. The van der Waals surface area contributed by atoms with Crippen molar-refractivity contribution in [2.24, 2.45) is 0 Å². The van der Waals surface area contributed by atoms with Crippen molar-refractivity contribution < 1.29 is 0 Å². The lowest BCUT2D eigenvalue weighted by molar-refractivity contribution is 0.234. The topological polar surface area (TPSA) is 15.3 Å². The maximum Gasteiger partial charge on any atom is 0.0192 e. The second-order valence-corrected chi connectivity index (χ2v) is 2.89. The number of hydrogen-bond donors (Lipinski definition) is 1. The minimum Gasteiger partial charge on any atom is -0.316 e. The van der Waals surface area contributed by atoms with Gasteiger partial charge < -0.3 is 10.2 Å². The summed E-state index contributed by atoms with van der Waals surface area (Å²) in [5.41, 5.74) is 0. The van der Waals surface area contributed by atoms with Crippen molar-refractivity contribution >= 4 is 12.4 Å². The van der Waals surface area contributed by atoms with Gasteiger partial charge in [-0.25, -0.2) is 0 Å².